The van der Waals surface area contributed by atoms with Gasteiger partial charge < -0.3 is 24.0 Å². The lowest BCUT2D eigenvalue weighted by atomic mass is 9.71. The summed E-state index contributed by atoms with van der Waals surface area (Å²) in [5, 5.41) is 11.7. The van der Waals surface area contributed by atoms with Crippen molar-refractivity contribution in [3.05, 3.63) is 36.3 Å². The molecule has 1 spiro atoms. The zero-order valence-electron chi connectivity index (χ0n) is 13.5. The molecule has 25 heavy (non-hydrogen) atoms. The van der Waals surface area contributed by atoms with Crippen LogP contribution in [0.3, 0.4) is 0 Å². The Bertz CT molecular complexity index is 814. The van der Waals surface area contributed by atoms with E-state index >= 15 is 0 Å². The van der Waals surface area contributed by atoms with Crippen LogP contribution in [-0.2, 0) is 19.1 Å². The Morgan fingerprint density at radius 2 is 2.20 bits per heavy atom. The summed E-state index contributed by atoms with van der Waals surface area (Å²) in [4.78, 5) is 39.2. The number of Topliss-reactive ketones (excluding diaryl/α,β-unsaturated/α-hetero) is 1. The standard InChI is InChI=1S/C18H17NO6/c1-8-10(20)7-9(11-3-2-6-24-11)19-15(8)18-5-4-12(25-18)13(17(22)23)14(18)16(19)21/h2-6,8-9,12-15H,7H2,1H3,(H,22,23)/p-1. The van der Waals surface area contributed by atoms with Crippen LogP contribution in [0.5, 0.6) is 0 Å². The first-order chi connectivity index (χ1) is 12.0. The van der Waals surface area contributed by atoms with E-state index in [0.717, 1.165) is 0 Å². The summed E-state index contributed by atoms with van der Waals surface area (Å²) in [6.45, 7) is 1.78. The third-order valence-electron chi connectivity index (χ3n) is 6.22. The van der Waals surface area contributed by atoms with Crippen LogP contribution < -0.4 is 5.11 Å². The number of piperidine rings is 1. The number of amides is 1. The summed E-state index contributed by atoms with van der Waals surface area (Å²) >= 11 is 0. The molecule has 2 bridgehead atoms. The van der Waals surface area contributed by atoms with Crippen LogP contribution in [0.1, 0.15) is 25.1 Å². The molecular formula is C18H16NO6-. The van der Waals surface area contributed by atoms with E-state index in [4.69, 9.17) is 9.15 Å². The summed E-state index contributed by atoms with van der Waals surface area (Å²) in [6.07, 6.45) is 4.44. The smallest absolute Gasteiger partial charge is 0.230 e. The van der Waals surface area contributed by atoms with Crippen LogP contribution in [0.4, 0.5) is 0 Å². The first kappa shape index (κ1) is 14.9. The van der Waals surface area contributed by atoms with E-state index in [-0.39, 0.29) is 18.1 Å². The van der Waals surface area contributed by atoms with Gasteiger partial charge in [0.1, 0.15) is 17.1 Å². The second-order valence-corrected chi connectivity index (χ2v) is 7.30. The number of carbonyl (C=O) groups excluding carboxylic acids is 3. The molecule has 5 rings (SSSR count). The first-order valence-corrected chi connectivity index (χ1v) is 8.42. The van der Waals surface area contributed by atoms with Gasteiger partial charge in [-0.25, -0.2) is 0 Å². The molecule has 0 aromatic carbocycles. The SMILES string of the molecule is CC1C(=O)CC(c2ccco2)N2C(=O)C3C(C(=O)[O-])C4C=CC3(O4)C12. The largest absolute Gasteiger partial charge is 0.550 e. The van der Waals surface area contributed by atoms with Crippen molar-refractivity contribution in [1.82, 2.24) is 4.90 Å². The van der Waals surface area contributed by atoms with Crippen molar-refractivity contribution >= 4 is 17.7 Å². The molecule has 7 heteroatoms. The highest BCUT2D eigenvalue weighted by Gasteiger charge is 2.73. The molecule has 7 atom stereocenters. The fourth-order valence-electron chi connectivity index (χ4n) is 5.23. The predicted molar refractivity (Wildman–Crippen MR) is 79.6 cm³/mol. The van der Waals surface area contributed by atoms with E-state index < -0.39 is 47.5 Å². The van der Waals surface area contributed by atoms with Gasteiger partial charge in [-0.1, -0.05) is 19.1 Å². The lowest BCUT2D eigenvalue weighted by Crippen LogP contribution is -2.55. The Labute approximate surface area is 143 Å². The van der Waals surface area contributed by atoms with E-state index in [1.807, 2.05) is 0 Å². The molecule has 3 fully saturated rings. The number of hydrogen-bond acceptors (Lipinski definition) is 6. The Morgan fingerprint density at radius 3 is 2.88 bits per heavy atom. The number of hydrogen-bond donors (Lipinski definition) is 0. The van der Waals surface area contributed by atoms with Gasteiger partial charge in [-0.3, -0.25) is 9.59 Å². The van der Waals surface area contributed by atoms with Crippen LogP contribution in [-0.4, -0.2) is 40.3 Å². The molecule has 4 aliphatic rings. The lowest BCUT2D eigenvalue weighted by Gasteiger charge is -2.43. The van der Waals surface area contributed by atoms with Crippen molar-refractivity contribution in [2.24, 2.45) is 17.8 Å². The second-order valence-electron chi connectivity index (χ2n) is 7.30. The first-order valence-electron chi connectivity index (χ1n) is 8.42. The van der Waals surface area contributed by atoms with Crippen LogP contribution in [0.15, 0.2) is 35.0 Å². The fraction of sp³-hybridized carbons (Fsp3) is 0.500. The van der Waals surface area contributed by atoms with Gasteiger partial charge in [0.25, 0.3) is 0 Å². The predicted octanol–water partition coefficient (Wildman–Crippen LogP) is -0.170. The molecule has 5 heterocycles. The van der Waals surface area contributed by atoms with E-state index in [9.17, 15) is 19.5 Å². The summed E-state index contributed by atoms with van der Waals surface area (Å²) in [7, 11) is 0. The molecule has 1 aromatic heterocycles. The maximum absolute atomic E-state index is 13.2. The summed E-state index contributed by atoms with van der Waals surface area (Å²) in [6, 6.07) is 2.37. The molecule has 0 aliphatic carbocycles. The van der Waals surface area contributed by atoms with Crippen molar-refractivity contribution in [2.75, 3.05) is 0 Å². The van der Waals surface area contributed by atoms with Gasteiger partial charge >= 0.3 is 0 Å². The number of carboxylic acids is 1. The van der Waals surface area contributed by atoms with Crippen molar-refractivity contribution in [3.63, 3.8) is 0 Å². The van der Waals surface area contributed by atoms with Crippen molar-refractivity contribution in [3.8, 4) is 0 Å². The number of aliphatic carboxylic acids is 1. The number of ketones is 1. The number of carboxylic acid groups (broad SMARTS) is 1. The molecule has 130 valence electrons. The van der Waals surface area contributed by atoms with E-state index in [0.29, 0.717) is 5.76 Å². The van der Waals surface area contributed by atoms with Gasteiger partial charge in [0.15, 0.2) is 0 Å². The number of rotatable bonds is 2. The Kier molecular flexibility index (Phi) is 2.74. The van der Waals surface area contributed by atoms with Crippen LogP contribution in [0, 0.1) is 17.8 Å². The highest BCUT2D eigenvalue weighted by atomic mass is 16.5. The molecular weight excluding hydrogens is 326 g/mol. The van der Waals surface area contributed by atoms with Crippen molar-refractivity contribution < 1.29 is 28.6 Å². The topological polar surface area (TPSA) is 99.9 Å². The quantitative estimate of drug-likeness (QED) is 0.692. The van der Waals surface area contributed by atoms with Gasteiger partial charge in [0, 0.05) is 24.2 Å². The Balaban J connectivity index is 1.67. The number of fused-ring (bicyclic) bond motifs is 2. The molecule has 4 aliphatic heterocycles. The van der Waals surface area contributed by atoms with Crippen molar-refractivity contribution in [1.29, 1.82) is 0 Å². The van der Waals surface area contributed by atoms with Crippen molar-refractivity contribution in [2.45, 2.75) is 37.1 Å². The van der Waals surface area contributed by atoms with Gasteiger partial charge in [0.2, 0.25) is 5.91 Å². The number of ether oxygens (including phenoxy) is 1. The lowest BCUT2D eigenvalue weighted by molar-refractivity contribution is -0.313. The third kappa shape index (κ3) is 1.62. The van der Waals surface area contributed by atoms with Crippen LogP contribution in [0.2, 0.25) is 0 Å². The number of carbonyl (C=O) groups is 3. The fourth-order valence-corrected chi connectivity index (χ4v) is 5.23. The average molecular weight is 342 g/mol. The number of furan rings is 1. The minimum absolute atomic E-state index is 0.0165. The molecule has 0 N–H and O–H groups in total. The molecule has 1 aromatic rings. The van der Waals surface area contributed by atoms with E-state index in [1.165, 1.54) is 6.26 Å². The highest BCUT2D eigenvalue weighted by molar-refractivity contribution is 5.95. The van der Waals surface area contributed by atoms with E-state index in [2.05, 4.69) is 0 Å². The van der Waals surface area contributed by atoms with Crippen LogP contribution in [0.25, 0.3) is 0 Å². The zero-order chi connectivity index (χ0) is 17.5. The minimum Gasteiger partial charge on any atom is -0.550 e. The van der Waals surface area contributed by atoms with Gasteiger partial charge in [-0.05, 0) is 12.1 Å². The molecule has 1 amide bonds. The monoisotopic (exact) mass is 342 g/mol. The number of nitrogens with zero attached hydrogens (tertiary/aromatic N) is 1. The van der Waals surface area contributed by atoms with Gasteiger partial charge in [-0.15, -0.1) is 0 Å². The molecule has 0 saturated carbocycles. The van der Waals surface area contributed by atoms with E-state index in [1.54, 1.807) is 36.1 Å². The molecule has 7 unspecified atom stereocenters. The second kappa shape index (κ2) is 4.60. The minimum atomic E-state index is -1.29. The summed E-state index contributed by atoms with van der Waals surface area (Å²) < 4.78 is 11.5. The zero-order valence-corrected chi connectivity index (χ0v) is 13.5. The molecule has 0 radical (unpaired) electrons. The Morgan fingerprint density at radius 1 is 1.40 bits per heavy atom. The average Bonchev–Trinajstić information content (AvgIpc) is 3.32. The molecule has 7 nitrogen and oxygen atoms in total. The Hall–Kier alpha value is -2.41. The normalized spacial score (nSPS) is 44.3. The maximum atomic E-state index is 13.2. The summed E-state index contributed by atoms with van der Waals surface area (Å²) in [5.41, 5.74) is -1.08. The maximum Gasteiger partial charge on any atom is 0.230 e. The highest BCUT2D eigenvalue weighted by Crippen LogP contribution is 2.59. The van der Waals surface area contributed by atoms with Gasteiger partial charge in [-0.2, -0.15) is 0 Å². The summed E-state index contributed by atoms with van der Waals surface area (Å²) in [5.74, 6) is -3.37. The third-order valence-corrected chi connectivity index (χ3v) is 6.22. The van der Waals surface area contributed by atoms with Gasteiger partial charge in [0.05, 0.1) is 30.4 Å². The van der Waals surface area contributed by atoms with Crippen LogP contribution >= 0.6 is 0 Å². The molecule has 3 saturated heterocycles.